The van der Waals surface area contributed by atoms with Gasteiger partial charge in [0.05, 0.1) is 0 Å². The van der Waals surface area contributed by atoms with Crippen LogP contribution in [-0.4, -0.2) is 15.0 Å². The predicted octanol–water partition coefficient (Wildman–Crippen LogP) is 0.135. The average molecular weight is 145 g/mol. The van der Waals surface area contributed by atoms with Gasteiger partial charge in [-0.15, -0.1) is 0 Å². The first-order valence-electron chi connectivity index (χ1n) is 2.10. The Bertz CT molecular complexity index is 201. The van der Waals surface area contributed by atoms with Gasteiger partial charge in [-0.2, -0.15) is 10.8 Å². The Hall–Kier alpha value is -0.940. The van der Waals surface area contributed by atoms with Crippen LogP contribution in [0.1, 0.15) is 0 Å². The Balaban J connectivity index is 2.94. The molecule has 2 N–H and O–H groups in total. The van der Waals surface area contributed by atoms with Crippen molar-refractivity contribution in [1.29, 1.82) is 0 Å². The van der Waals surface area contributed by atoms with Crippen LogP contribution in [0.15, 0.2) is 6.33 Å². The zero-order valence-corrected chi connectivity index (χ0v) is 5.05. The van der Waals surface area contributed by atoms with Crippen molar-refractivity contribution in [3.05, 3.63) is 11.6 Å². The number of hydrogen-bond donors (Lipinski definition) is 1. The zero-order chi connectivity index (χ0) is 6.69. The fourth-order valence-electron chi connectivity index (χ4n) is 0.337. The zero-order valence-electron chi connectivity index (χ0n) is 4.30. The van der Waals surface area contributed by atoms with Gasteiger partial charge < -0.3 is 0 Å². The largest absolute Gasteiger partial charge is 0.274 e. The molecule has 1 aromatic rings. The van der Waals surface area contributed by atoms with E-state index in [4.69, 9.17) is 17.4 Å². The Morgan fingerprint density at radius 3 is 2.78 bits per heavy atom. The third kappa shape index (κ3) is 1.48. The number of nitrogens with one attached hydrogen (secondary N) is 2. The van der Waals surface area contributed by atoms with Gasteiger partial charge in [0, 0.05) is 0 Å². The Kier molecular flexibility index (Phi) is 1.76. The summed E-state index contributed by atoms with van der Waals surface area (Å²) in [4.78, 5) is 10.6. The summed E-state index contributed by atoms with van der Waals surface area (Å²) >= 11 is 5.34. The maximum Gasteiger partial charge on any atom is 0.242 e. The summed E-state index contributed by atoms with van der Waals surface area (Å²) in [7, 11) is 0. The molecule has 0 unspecified atom stereocenters. The van der Waals surface area contributed by atoms with Crippen molar-refractivity contribution < 1.29 is 0 Å². The summed E-state index contributed by atoms with van der Waals surface area (Å²) in [6.45, 7) is 0. The van der Waals surface area contributed by atoms with Crippen LogP contribution in [-0.2, 0) is 0 Å². The molecular weight excluding hydrogens is 142 g/mol. The van der Waals surface area contributed by atoms with Crippen molar-refractivity contribution in [2.45, 2.75) is 0 Å². The molecule has 1 aromatic heterocycles. The summed E-state index contributed by atoms with van der Waals surface area (Å²) in [5.74, 6) is 6.73. The molecule has 1 heterocycles. The van der Waals surface area contributed by atoms with Crippen LogP contribution in [0, 0.1) is 0 Å². The second kappa shape index (κ2) is 2.56. The minimum Gasteiger partial charge on any atom is -0.274 e. The van der Waals surface area contributed by atoms with E-state index in [1.165, 1.54) is 6.33 Å². The SMILES string of the molecule is [NH]Nc1ncnc(Cl)n1. The lowest BCUT2D eigenvalue weighted by molar-refractivity contribution is 1.02. The molecule has 0 spiro atoms. The average Bonchev–Trinajstić information content (AvgIpc) is 1.88. The monoisotopic (exact) mass is 144 g/mol. The lowest BCUT2D eigenvalue weighted by Crippen LogP contribution is -1.99. The fraction of sp³-hybridized carbons (Fsp3) is 0. The minimum atomic E-state index is 0.0831. The molecule has 0 aliphatic carbocycles. The van der Waals surface area contributed by atoms with Crippen molar-refractivity contribution >= 4 is 17.5 Å². The molecule has 47 valence electrons. The molecule has 1 radical (unpaired) electrons. The van der Waals surface area contributed by atoms with Crippen molar-refractivity contribution in [2.24, 2.45) is 0 Å². The van der Waals surface area contributed by atoms with Gasteiger partial charge in [-0.25, -0.2) is 9.97 Å². The van der Waals surface area contributed by atoms with Crippen molar-refractivity contribution in [3.8, 4) is 0 Å². The maximum atomic E-state index is 6.58. The number of nitrogens with zero attached hydrogens (tertiary/aromatic N) is 3. The lowest BCUT2D eigenvalue weighted by Gasteiger charge is -1.92. The molecule has 0 saturated carbocycles. The number of halogens is 1. The molecule has 0 fully saturated rings. The Morgan fingerprint density at radius 2 is 2.33 bits per heavy atom. The second-order valence-corrected chi connectivity index (χ2v) is 1.54. The summed E-state index contributed by atoms with van der Waals surface area (Å²) in [5.41, 5.74) is 1.97. The first kappa shape index (κ1) is 6.18. The van der Waals surface area contributed by atoms with Gasteiger partial charge in [0.1, 0.15) is 6.33 Å². The van der Waals surface area contributed by atoms with Crippen molar-refractivity contribution in [2.75, 3.05) is 5.43 Å². The molecule has 0 aliphatic rings. The van der Waals surface area contributed by atoms with E-state index >= 15 is 0 Å². The van der Waals surface area contributed by atoms with E-state index in [0.717, 1.165) is 0 Å². The van der Waals surface area contributed by atoms with Gasteiger partial charge in [0.15, 0.2) is 0 Å². The van der Waals surface area contributed by atoms with Crippen LogP contribution in [0.5, 0.6) is 0 Å². The molecule has 5 nitrogen and oxygen atoms in total. The standard InChI is InChI=1S/C3H3ClN5/c4-2-6-1-7-3(8-2)9-5/h1,5H,(H,6,7,8,9). The summed E-state index contributed by atoms with van der Waals surface area (Å²) in [6.07, 6.45) is 1.23. The molecule has 0 atom stereocenters. The van der Waals surface area contributed by atoms with Gasteiger partial charge in [0.25, 0.3) is 0 Å². The van der Waals surface area contributed by atoms with E-state index < -0.39 is 0 Å². The van der Waals surface area contributed by atoms with E-state index in [0.29, 0.717) is 0 Å². The maximum absolute atomic E-state index is 6.58. The van der Waals surface area contributed by atoms with Gasteiger partial charge >= 0.3 is 0 Å². The predicted molar refractivity (Wildman–Crippen MR) is 31.6 cm³/mol. The topological polar surface area (TPSA) is 74.5 Å². The van der Waals surface area contributed by atoms with E-state index in [2.05, 4.69) is 15.0 Å². The number of aromatic nitrogens is 3. The molecule has 6 heteroatoms. The molecule has 0 aromatic carbocycles. The number of rotatable bonds is 1. The van der Waals surface area contributed by atoms with Crippen LogP contribution in [0.3, 0.4) is 0 Å². The highest BCUT2D eigenvalue weighted by atomic mass is 35.5. The number of anilines is 1. The minimum absolute atomic E-state index is 0.0831. The third-order valence-corrected chi connectivity index (χ3v) is 0.836. The molecule has 0 saturated heterocycles. The highest BCUT2D eigenvalue weighted by molar-refractivity contribution is 6.28. The first-order chi connectivity index (χ1) is 4.33. The lowest BCUT2D eigenvalue weighted by atomic mass is 11.0. The molecule has 0 bridgehead atoms. The van der Waals surface area contributed by atoms with Gasteiger partial charge in [-0.1, -0.05) is 0 Å². The van der Waals surface area contributed by atoms with E-state index in [1.54, 1.807) is 0 Å². The smallest absolute Gasteiger partial charge is 0.242 e. The highest BCUT2D eigenvalue weighted by Gasteiger charge is 1.92. The highest BCUT2D eigenvalue weighted by Crippen LogP contribution is 1.99. The van der Waals surface area contributed by atoms with Gasteiger partial charge in [-0.05, 0) is 11.6 Å². The van der Waals surface area contributed by atoms with Crippen LogP contribution in [0.2, 0.25) is 5.28 Å². The van der Waals surface area contributed by atoms with Crippen LogP contribution >= 0.6 is 11.6 Å². The van der Waals surface area contributed by atoms with Crippen LogP contribution in [0.25, 0.3) is 0 Å². The van der Waals surface area contributed by atoms with Crippen LogP contribution in [0.4, 0.5) is 5.95 Å². The Morgan fingerprint density at radius 1 is 1.56 bits per heavy atom. The molecule has 9 heavy (non-hydrogen) atoms. The number of hydrogen-bond acceptors (Lipinski definition) is 4. The molecule has 1 rings (SSSR count). The van der Waals surface area contributed by atoms with E-state index in [1.807, 2.05) is 5.43 Å². The third-order valence-electron chi connectivity index (χ3n) is 0.654. The quantitative estimate of drug-likeness (QED) is 0.569. The molecular formula is C3H3ClN5. The second-order valence-electron chi connectivity index (χ2n) is 1.20. The van der Waals surface area contributed by atoms with E-state index in [9.17, 15) is 0 Å². The molecule has 0 amide bonds. The van der Waals surface area contributed by atoms with Gasteiger partial charge in [-0.3, -0.25) is 5.43 Å². The van der Waals surface area contributed by atoms with Crippen LogP contribution < -0.4 is 11.3 Å². The van der Waals surface area contributed by atoms with E-state index in [-0.39, 0.29) is 11.2 Å². The molecule has 0 aliphatic heterocycles. The summed E-state index contributed by atoms with van der Waals surface area (Å²) in [6, 6.07) is 0. The Labute approximate surface area is 56.3 Å². The van der Waals surface area contributed by atoms with Gasteiger partial charge in [0.2, 0.25) is 11.2 Å². The van der Waals surface area contributed by atoms with Crippen molar-refractivity contribution in [3.63, 3.8) is 0 Å². The first-order valence-corrected chi connectivity index (χ1v) is 2.48. The summed E-state index contributed by atoms with van der Waals surface area (Å²) < 4.78 is 0. The fourth-order valence-corrected chi connectivity index (χ4v) is 0.460. The normalized spacial score (nSPS) is 9.11. The van der Waals surface area contributed by atoms with Crippen molar-refractivity contribution in [1.82, 2.24) is 20.8 Å². The summed E-state index contributed by atoms with van der Waals surface area (Å²) in [5, 5.41) is 0.0831.